The van der Waals surface area contributed by atoms with Gasteiger partial charge >= 0.3 is 5.97 Å². The molecule has 8 heteroatoms. The fourth-order valence-corrected chi connectivity index (χ4v) is 3.78. The van der Waals surface area contributed by atoms with Crippen LogP contribution in [0, 0.1) is 6.92 Å². The maximum absolute atomic E-state index is 13.0. The van der Waals surface area contributed by atoms with Gasteiger partial charge in [0.15, 0.2) is 5.76 Å². The minimum absolute atomic E-state index is 0.115. The van der Waals surface area contributed by atoms with Crippen molar-refractivity contribution in [3.63, 3.8) is 0 Å². The van der Waals surface area contributed by atoms with Gasteiger partial charge in [-0.25, -0.2) is 4.79 Å². The second-order valence-electron chi connectivity index (χ2n) is 7.54. The zero-order chi connectivity index (χ0) is 25.1. The number of fused-ring (bicyclic) bond motifs is 1. The van der Waals surface area contributed by atoms with Crippen LogP contribution >= 0.6 is 0 Å². The van der Waals surface area contributed by atoms with E-state index in [1.54, 1.807) is 68.6 Å². The van der Waals surface area contributed by atoms with E-state index in [0.717, 1.165) is 0 Å². The first kappa shape index (κ1) is 23.7. The fraction of sp³-hybridized carbons (Fsp3) is 0.185. The first-order chi connectivity index (χ1) is 16.9. The fourth-order valence-electron chi connectivity index (χ4n) is 3.78. The molecule has 4 rings (SSSR count). The number of ketones is 1. The van der Waals surface area contributed by atoms with Crippen LogP contribution in [-0.4, -0.2) is 40.2 Å². The number of ether oxygens (including phenoxy) is 6. The van der Waals surface area contributed by atoms with Gasteiger partial charge in [-0.05, 0) is 55.5 Å². The Morgan fingerprint density at radius 3 is 2.11 bits per heavy atom. The molecule has 1 aliphatic rings. The zero-order valence-corrected chi connectivity index (χ0v) is 20.0. The van der Waals surface area contributed by atoms with Crippen LogP contribution in [0.1, 0.15) is 31.8 Å². The summed E-state index contributed by atoms with van der Waals surface area (Å²) in [5, 5.41) is 0. The second kappa shape index (κ2) is 9.80. The Morgan fingerprint density at radius 2 is 1.49 bits per heavy atom. The highest BCUT2D eigenvalue weighted by Gasteiger charge is 2.31. The molecule has 0 aromatic heterocycles. The molecule has 0 N–H and O–H groups in total. The van der Waals surface area contributed by atoms with Gasteiger partial charge in [-0.2, -0.15) is 0 Å². The van der Waals surface area contributed by atoms with Crippen molar-refractivity contribution in [3.8, 4) is 34.5 Å². The summed E-state index contributed by atoms with van der Waals surface area (Å²) < 4.78 is 32.8. The van der Waals surface area contributed by atoms with Crippen molar-refractivity contribution in [2.75, 3.05) is 28.4 Å². The van der Waals surface area contributed by atoms with E-state index >= 15 is 0 Å². The highest BCUT2D eigenvalue weighted by molar-refractivity contribution is 6.15. The minimum atomic E-state index is -0.663. The molecule has 0 amide bonds. The molecule has 0 saturated heterocycles. The van der Waals surface area contributed by atoms with E-state index in [2.05, 4.69) is 0 Å². The van der Waals surface area contributed by atoms with Crippen molar-refractivity contribution in [3.05, 3.63) is 76.5 Å². The predicted molar refractivity (Wildman–Crippen MR) is 128 cm³/mol. The normalized spacial score (nSPS) is 13.2. The van der Waals surface area contributed by atoms with Gasteiger partial charge in [0.2, 0.25) is 5.78 Å². The summed E-state index contributed by atoms with van der Waals surface area (Å²) in [6.45, 7) is 1.71. The number of benzene rings is 3. The van der Waals surface area contributed by atoms with Crippen molar-refractivity contribution in [2.45, 2.75) is 6.92 Å². The van der Waals surface area contributed by atoms with Crippen molar-refractivity contribution >= 4 is 17.8 Å². The molecule has 0 atom stereocenters. The van der Waals surface area contributed by atoms with Gasteiger partial charge < -0.3 is 28.4 Å². The molecule has 1 heterocycles. The van der Waals surface area contributed by atoms with Crippen molar-refractivity contribution < 1.29 is 38.0 Å². The number of methoxy groups -OCH3 is 4. The Kier molecular flexibility index (Phi) is 6.64. The smallest absolute Gasteiger partial charge is 0.351 e. The van der Waals surface area contributed by atoms with Crippen molar-refractivity contribution in [1.82, 2.24) is 0 Å². The van der Waals surface area contributed by atoms with Crippen LogP contribution < -0.4 is 28.4 Å². The van der Waals surface area contributed by atoms with Crippen LogP contribution in [0.3, 0.4) is 0 Å². The minimum Gasteiger partial charge on any atom is -0.497 e. The van der Waals surface area contributed by atoms with Gasteiger partial charge in [0.05, 0.1) is 34.0 Å². The molecule has 0 saturated carbocycles. The zero-order valence-electron chi connectivity index (χ0n) is 20.0. The molecule has 0 unspecified atom stereocenters. The SMILES string of the molecule is COc1ccc(OC)c(/C=C2\Oc3c(ccc(OC(=O)c4c(OC)cccc4OC)c3C)C2=O)c1. The van der Waals surface area contributed by atoms with Crippen LogP contribution in [0.15, 0.2) is 54.3 Å². The van der Waals surface area contributed by atoms with Crippen molar-refractivity contribution in [1.29, 1.82) is 0 Å². The third kappa shape index (κ3) is 4.38. The maximum atomic E-state index is 13.0. The summed E-state index contributed by atoms with van der Waals surface area (Å²) in [5.74, 6) is 1.52. The van der Waals surface area contributed by atoms with Gasteiger partial charge in [0.25, 0.3) is 0 Å². The van der Waals surface area contributed by atoms with Crippen LogP contribution in [0.25, 0.3) is 6.08 Å². The van der Waals surface area contributed by atoms with Crippen LogP contribution in [0.2, 0.25) is 0 Å². The number of hydrogen-bond donors (Lipinski definition) is 0. The molecule has 1 aliphatic heterocycles. The van der Waals surface area contributed by atoms with Gasteiger partial charge in [0.1, 0.15) is 40.1 Å². The Hall–Kier alpha value is -4.46. The average Bonchev–Trinajstić information content (AvgIpc) is 3.20. The largest absolute Gasteiger partial charge is 0.497 e. The second-order valence-corrected chi connectivity index (χ2v) is 7.54. The molecule has 0 spiro atoms. The standard InChI is InChI=1S/C27H24O8/c1-15-19(35-27(29)24-21(32-4)7-6-8-22(24)33-5)12-10-18-25(28)23(34-26(15)18)14-16-13-17(30-2)9-11-20(16)31-3/h6-14H,1-5H3/b23-14-. The number of carbonyl (C=O) groups is 2. The lowest BCUT2D eigenvalue weighted by Crippen LogP contribution is -2.12. The van der Waals surface area contributed by atoms with E-state index in [4.69, 9.17) is 28.4 Å². The first-order valence-electron chi connectivity index (χ1n) is 10.6. The van der Waals surface area contributed by atoms with E-state index in [1.165, 1.54) is 21.3 Å². The topological polar surface area (TPSA) is 89.5 Å². The van der Waals surface area contributed by atoms with Gasteiger partial charge in [-0.1, -0.05) is 6.07 Å². The quantitative estimate of drug-likeness (QED) is 0.271. The number of hydrogen-bond acceptors (Lipinski definition) is 8. The van der Waals surface area contributed by atoms with Crippen LogP contribution in [0.5, 0.6) is 34.5 Å². The summed E-state index contributed by atoms with van der Waals surface area (Å²) in [5.41, 5.74) is 1.64. The molecule has 180 valence electrons. The molecule has 0 bridgehead atoms. The lowest BCUT2D eigenvalue weighted by molar-refractivity contribution is 0.0726. The lowest BCUT2D eigenvalue weighted by Gasteiger charge is -2.14. The number of carbonyl (C=O) groups excluding carboxylic acids is 2. The highest BCUT2D eigenvalue weighted by Crippen LogP contribution is 2.41. The lowest BCUT2D eigenvalue weighted by atomic mass is 10.1. The van der Waals surface area contributed by atoms with E-state index in [0.29, 0.717) is 45.4 Å². The van der Waals surface area contributed by atoms with Crippen LogP contribution in [0.4, 0.5) is 0 Å². The number of esters is 1. The molecule has 3 aromatic rings. The summed E-state index contributed by atoms with van der Waals surface area (Å²) in [4.78, 5) is 26.0. The molecule has 3 aromatic carbocycles. The summed E-state index contributed by atoms with van der Waals surface area (Å²) in [6.07, 6.45) is 1.59. The van der Waals surface area contributed by atoms with Gasteiger partial charge in [0, 0.05) is 11.1 Å². The summed E-state index contributed by atoms with van der Waals surface area (Å²) >= 11 is 0. The van der Waals surface area contributed by atoms with Gasteiger partial charge in [-0.3, -0.25) is 4.79 Å². The third-order valence-electron chi connectivity index (χ3n) is 5.59. The molecule has 0 fully saturated rings. The van der Waals surface area contributed by atoms with E-state index in [1.807, 2.05) is 0 Å². The number of rotatable bonds is 7. The van der Waals surface area contributed by atoms with E-state index < -0.39 is 5.97 Å². The Morgan fingerprint density at radius 1 is 0.829 bits per heavy atom. The highest BCUT2D eigenvalue weighted by atomic mass is 16.5. The Balaban J connectivity index is 1.66. The molecule has 8 nitrogen and oxygen atoms in total. The first-order valence-corrected chi connectivity index (χ1v) is 10.6. The molecular weight excluding hydrogens is 452 g/mol. The van der Waals surface area contributed by atoms with E-state index in [9.17, 15) is 9.59 Å². The summed E-state index contributed by atoms with van der Waals surface area (Å²) in [7, 11) is 6.00. The summed E-state index contributed by atoms with van der Waals surface area (Å²) in [6, 6.07) is 13.4. The Bertz CT molecular complexity index is 1320. The number of allylic oxidation sites excluding steroid dienone is 1. The number of Topliss-reactive ketones (excluding diaryl/α,β-unsaturated/α-hetero) is 1. The Labute approximate surface area is 202 Å². The maximum Gasteiger partial charge on any atom is 0.351 e. The van der Waals surface area contributed by atoms with E-state index in [-0.39, 0.29) is 22.9 Å². The van der Waals surface area contributed by atoms with Crippen LogP contribution in [-0.2, 0) is 0 Å². The average molecular weight is 476 g/mol. The molecule has 35 heavy (non-hydrogen) atoms. The molecular formula is C27H24O8. The molecule has 0 radical (unpaired) electrons. The molecule has 0 aliphatic carbocycles. The van der Waals surface area contributed by atoms with Gasteiger partial charge in [-0.15, -0.1) is 0 Å². The van der Waals surface area contributed by atoms with Crippen molar-refractivity contribution in [2.24, 2.45) is 0 Å². The third-order valence-corrected chi connectivity index (χ3v) is 5.59. The predicted octanol–water partition coefficient (Wildman–Crippen LogP) is 4.86. The monoisotopic (exact) mass is 476 g/mol.